The molecule has 2 heterocycles. The van der Waals surface area contributed by atoms with Crippen LogP contribution in [-0.2, 0) is 21.8 Å². The Morgan fingerprint density at radius 3 is 2.17 bits per heavy atom. The minimum absolute atomic E-state index is 0.332. The Balaban J connectivity index is 2.34. The lowest BCUT2D eigenvalue weighted by Crippen LogP contribution is -2.36. The molecule has 0 spiro atoms. The van der Waals surface area contributed by atoms with Crippen LogP contribution in [0.15, 0.2) is 5.03 Å². The van der Waals surface area contributed by atoms with Gasteiger partial charge in [0.2, 0.25) is 11.7 Å². The van der Waals surface area contributed by atoms with Crippen molar-refractivity contribution in [2.45, 2.75) is 5.03 Å². The fraction of sp³-hybridized carbons (Fsp3) is 0.308. The topological polar surface area (TPSA) is 184 Å². The first-order valence-corrected chi connectivity index (χ1v) is 9.25. The number of aromatic hydroxyl groups is 1. The van der Waals surface area contributed by atoms with Gasteiger partial charge in [0, 0.05) is 7.05 Å². The summed E-state index contributed by atoms with van der Waals surface area (Å²) in [4.78, 5) is 31.4. The van der Waals surface area contributed by atoms with Gasteiger partial charge in [-0.2, -0.15) is 23.5 Å². The zero-order chi connectivity index (χ0) is 21.9. The molecule has 0 fully saturated rings. The Labute approximate surface area is 168 Å². The highest BCUT2D eigenvalue weighted by Crippen LogP contribution is 2.33. The van der Waals surface area contributed by atoms with Crippen molar-refractivity contribution in [1.29, 1.82) is 0 Å². The molecule has 16 heteroatoms. The van der Waals surface area contributed by atoms with E-state index in [0.717, 1.165) is 11.8 Å². The fourth-order valence-electron chi connectivity index (χ4n) is 2.11. The molecule has 29 heavy (non-hydrogen) atoms. The van der Waals surface area contributed by atoms with Crippen LogP contribution >= 0.6 is 11.6 Å². The molecule has 3 N–H and O–H groups in total. The average molecular weight is 451 g/mol. The molecule has 0 saturated heterocycles. The van der Waals surface area contributed by atoms with Crippen molar-refractivity contribution < 1.29 is 37.3 Å². The molecule has 2 aromatic rings. The van der Waals surface area contributed by atoms with Crippen molar-refractivity contribution in [1.82, 2.24) is 24.5 Å². The lowest BCUT2D eigenvalue weighted by Gasteiger charge is -2.11. The number of hydrogen-bond acceptors (Lipinski definition) is 11. The molecule has 0 aliphatic heterocycles. The van der Waals surface area contributed by atoms with Crippen LogP contribution in [-0.4, -0.2) is 66.6 Å². The van der Waals surface area contributed by atoms with Gasteiger partial charge in [0.05, 0.1) is 21.3 Å². The molecule has 0 bridgehead atoms. The molecule has 2 amide bonds. The Morgan fingerprint density at radius 2 is 1.69 bits per heavy atom. The van der Waals surface area contributed by atoms with E-state index in [2.05, 4.69) is 19.8 Å². The highest BCUT2D eigenvalue weighted by molar-refractivity contribution is 7.90. The molecule has 2 rings (SSSR count). The Kier molecular flexibility index (Phi) is 6.33. The number of anilines is 1. The standard InChI is InChI=1S/C13H15ClN6O8S/c1-20-10(5(7(14)18-20)11(22)28-4)29(24,25)19-13(23)17-12-15-8(26-2)6(21)9(16-12)27-3/h21H,1-4H3,(H2,15,16,17,19,23). The number of carbonyl (C=O) groups excluding carboxylic acids is 2. The zero-order valence-corrected chi connectivity index (χ0v) is 17.0. The molecule has 0 atom stereocenters. The van der Waals surface area contributed by atoms with Gasteiger partial charge in [0.1, 0.15) is 5.56 Å². The maximum atomic E-state index is 12.6. The van der Waals surface area contributed by atoms with Crippen LogP contribution in [0.5, 0.6) is 17.5 Å². The van der Waals surface area contributed by atoms with Crippen molar-refractivity contribution in [3.63, 3.8) is 0 Å². The third kappa shape index (κ3) is 4.40. The quantitative estimate of drug-likeness (QED) is 0.498. The van der Waals surface area contributed by atoms with E-state index < -0.39 is 49.5 Å². The van der Waals surface area contributed by atoms with E-state index in [0.29, 0.717) is 0 Å². The molecule has 2 aromatic heterocycles. The molecule has 14 nitrogen and oxygen atoms in total. The van der Waals surface area contributed by atoms with Crippen LogP contribution < -0.4 is 19.5 Å². The van der Waals surface area contributed by atoms with Crippen LogP contribution in [0.1, 0.15) is 10.4 Å². The summed E-state index contributed by atoms with van der Waals surface area (Å²) in [5.74, 6) is -2.70. The SMILES string of the molecule is COC(=O)c1c(Cl)nn(C)c1S(=O)(=O)NC(=O)Nc1nc(OC)c(O)c(OC)n1. The molecule has 0 saturated carbocycles. The van der Waals surface area contributed by atoms with Crippen molar-refractivity contribution >= 4 is 39.6 Å². The fourth-order valence-corrected chi connectivity index (χ4v) is 3.68. The van der Waals surface area contributed by atoms with Crippen LogP contribution in [0.25, 0.3) is 0 Å². The molecular weight excluding hydrogens is 436 g/mol. The minimum Gasteiger partial charge on any atom is -0.499 e. The summed E-state index contributed by atoms with van der Waals surface area (Å²) in [6.07, 6.45) is 0. The number of aromatic nitrogens is 4. The summed E-state index contributed by atoms with van der Waals surface area (Å²) in [5, 5.41) is 14.3. The van der Waals surface area contributed by atoms with Gasteiger partial charge in [-0.3, -0.25) is 10.00 Å². The van der Waals surface area contributed by atoms with E-state index in [-0.39, 0.29) is 11.8 Å². The number of amides is 2. The number of esters is 1. The number of carbonyl (C=O) groups is 2. The first kappa shape index (κ1) is 22.0. The second-order valence-electron chi connectivity index (χ2n) is 5.06. The number of nitrogens with zero attached hydrogens (tertiary/aromatic N) is 4. The number of methoxy groups -OCH3 is 3. The molecular formula is C13H15ClN6O8S. The summed E-state index contributed by atoms with van der Waals surface area (Å²) in [6.45, 7) is 0. The molecule has 0 aromatic carbocycles. The second-order valence-corrected chi connectivity index (χ2v) is 7.02. The highest BCUT2D eigenvalue weighted by Gasteiger charge is 2.33. The van der Waals surface area contributed by atoms with Crippen molar-refractivity contribution in [3.8, 4) is 17.5 Å². The molecule has 158 valence electrons. The number of ether oxygens (including phenoxy) is 3. The number of rotatable bonds is 6. The number of hydrogen-bond donors (Lipinski definition) is 3. The number of nitrogens with one attached hydrogen (secondary N) is 2. The molecule has 0 radical (unpaired) electrons. The van der Waals surface area contributed by atoms with Gasteiger partial charge in [-0.1, -0.05) is 11.6 Å². The summed E-state index contributed by atoms with van der Waals surface area (Å²) in [5.41, 5.74) is -0.554. The molecule has 0 aliphatic rings. The van der Waals surface area contributed by atoms with Gasteiger partial charge in [-0.25, -0.2) is 14.3 Å². The third-order valence-corrected chi connectivity index (χ3v) is 4.95. The van der Waals surface area contributed by atoms with Gasteiger partial charge < -0.3 is 19.3 Å². The lowest BCUT2D eigenvalue weighted by molar-refractivity contribution is 0.0596. The number of sulfonamides is 1. The Morgan fingerprint density at radius 1 is 1.14 bits per heavy atom. The maximum Gasteiger partial charge on any atom is 0.344 e. The summed E-state index contributed by atoms with van der Waals surface area (Å²) in [6, 6.07) is -1.30. The van der Waals surface area contributed by atoms with Crippen LogP contribution in [0, 0.1) is 0 Å². The highest BCUT2D eigenvalue weighted by atomic mass is 35.5. The summed E-state index contributed by atoms with van der Waals surface area (Å²) in [7, 11) is -0.0305. The van der Waals surface area contributed by atoms with Crippen LogP contribution in [0.2, 0.25) is 5.15 Å². The normalized spacial score (nSPS) is 10.9. The summed E-state index contributed by atoms with van der Waals surface area (Å²) < 4.78 is 41.7. The number of urea groups is 1. The van der Waals surface area contributed by atoms with E-state index in [9.17, 15) is 23.1 Å². The lowest BCUT2D eigenvalue weighted by atomic mass is 10.4. The van der Waals surface area contributed by atoms with E-state index in [1.54, 1.807) is 4.72 Å². The van der Waals surface area contributed by atoms with Crippen molar-refractivity contribution in [3.05, 3.63) is 10.7 Å². The smallest absolute Gasteiger partial charge is 0.344 e. The predicted octanol–water partition coefficient (Wildman–Crippen LogP) is -0.117. The van der Waals surface area contributed by atoms with Crippen molar-refractivity contribution in [2.75, 3.05) is 26.6 Å². The van der Waals surface area contributed by atoms with E-state index in [1.165, 1.54) is 21.3 Å². The van der Waals surface area contributed by atoms with Gasteiger partial charge >= 0.3 is 12.0 Å². The van der Waals surface area contributed by atoms with Gasteiger partial charge in [0.25, 0.3) is 21.8 Å². The minimum atomic E-state index is -4.63. The predicted molar refractivity (Wildman–Crippen MR) is 95.7 cm³/mol. The van der Waals surface area contributed by atoms with Gasteiger partial charge in [-0.15, -0.1) is 0 Å². The van der Waals surface area contributed by atoms with E-state index in [4.69, 9.17) is 21.1 Å². The first-order chi connectivity index (χ1) is 13.5. The Hall–Kier alpha value is -3.33. The Bertz CT molecular complexity index is 1040. The second kappa shape index (κ2) is 8.36. The molecule has 0 aliphatic carbocycles. The molecule has 0 unspecified atom stereocenters. The largest absolute Gasteiger partial charge is 0.499 e. The third-order valence-electron chi connectivity index (χ3n) is 3.26. The number of halogens is 1. The van der Waals surface area contributed by atoms with E-state index in [1.807, 2.05) is 5.32 Å². The zero-order valence-electron chi connectivity index (χ0n) is 15.4. The monoisotopic (exact) mass is 450 g/mol. The van der Waals surface area contributed by atoms with Crippen molar-refractivity contribution in [2.24, 2.45) is 7.05 Å². The van der Waals surface area contributed by atoms with Crippen LogP contribution in [0.4, 0.5) is 10.7 Å². The van der Waals surface area contributed by atoms with Gasteiger partial charge in [-0.05, 0) is 0 Å². The van der Waals surface area contributed by atoms with Crippen LogP contribution in [0.3, 0.4) is 0 Å². The maximum absolute atomic E-state index is 12.6. The first-order valence-electron chi connectivity index (χ1n) is 7.39. The average Bonchev–Trinajstić information content (AvgIpc) is 2.96. The van der Waals surface area contributed by atoms with E-state index >= 15 is 0 Å². The number of aryl methyl sites for hydroxylation is 1. The van der Waals surface area contributed by atoms with Gasteiger partial charge in [0.15, 0.2) is 10.2 Å². The summed E-state index contributed by atoms with van der Waals surface area (Å²) >= 11 is 5.78.